The molecule has 21 heavy (non-hydrogen) atoms. The Morgan fingerprint density at radius 3 is 2.43 bits per heavy atom. The molecule has 0 amide bonds. The molecule has 1 aromatic heterocycles. The molecule has 3 aromatic rings. The van der Waals surface area contributed by atoms with Crippen LogP contribution in [0.25, 0.3) is 22.0 Å². The molecular weight excluding hydrogens is 261 g/mol. The molecule has 0 unspecified atom stereocenters. The predicted molar refractivity (Wildman–Crippen MR) is 83.6 cm³/mol. The first-order chi connectivity index (χ1) is 10.2. The largest absolute Gasteiger partial charge is 0.252 e. The Labute approximate surface area is 123 Å². The Balaban J connectivity index is 2.05. The standard InChI is InChI=1S/C19H15FN/c1-12-18(13-8-10-15(20)11-9-13)16-4-2-3-5-17(16)21-19(12)14-6-7-14/h2-5,8-11,14H,1,6-7H2. The number of hydrogen-bond donors (Lipinski definition) is 0. The van der Waals surface area contributed by atoms with Crippen LogP contribution < -0.4 is 0 Å². The molecule has 1 fully saturated rings. The SMILES string of the molecule is [CH2]c1c(C2CC2)nc2ccccc2c1-c1ccc(F)cc1. The number of benzene rings is 2. The third kappa shape index (κ3) is 2.11. The maximum Gasteiger partial charge on any atom is 0.123 e. The van der Waals surface area contributed by atoms with Crippen LogP contribution in [0.3, 0.4) is 0 Å². The third-order valence-corrected chi connectivity index (χ3v) is 4.12. The molecule has 0 N–H and O–H groups in total. The Morgan fingerprint density at radius 2 is 1.71 bits per heavy atom. The maximum absolute atomic E-state index is 13.2. The van der Waals surface area contributed by atoms with Crippen molar-refractivity contribution in [3.05, 3.63) is 72.5 Å². The van der Waals surface area contributed by atoms with Crippen molar-refractivity contribution in [2.75, 3.05) is 0 Å². The van der Waals surface area contributed by atoms with Crippen molar-refractivity contribution in [2.24, 2.45) is 0 Å². The number of nitrogens with zero attached hydrogens (tertiary/aromatic N) is 1. The molecule has 0 atom stereocenters. The second-order valence-corrected chi connectivity index (χ2v) is 5.65. The van der Waals surface area contributed by atoms with Crippen LogP contribution >= 0.6 is 0 Å². The average molecular weight is 276 g/mol. The van der Waals surface area contributed by atoms with E-state index in [0.717, 1.165) is 33.3 Å². The summed E-state index contributed by atoms with van der Waals surface area (Å²) in [6.07, 6.45) is 2.38. The van der Waals surface area contributed by atoms with Gasteiger partial charge in [0.25, 0.3) is 0 Å². The van der Waals surface area contributed by atoms with Gasteiger partial charge in [0.1, 0.15) is 5.82 Å². The lowest BCUT2D eigenvalue weighted by molar-refractivity contribution is 0.628. The molecule has 1 radical (unpaired) electrons. The lowest BCUT2D eigenvalue weighted by Crippen LogP contribution is -1.97. The van der Waals surface area contributed by atoms with Gasteiger partial charge in [0.05, 0.1) is 5.52 Å². The van der Waals surface area contributed by atoms with Crippen LogP contribution in [0.1, 0.15) is 30.0 Å². The summed E-state index contributed by atoms with van der Waals surface area (Å²) < 4.78 is 13.2. The van der Waals surface area contributed by atoms with Crippen LogP contribution in [0.4, 0.5) is 4.39 Å². The monoisotopic (exact) mass is 276 g/mol. The summed E-state index contributed by atoms with van der Waals surface area (Å²) in [5.74, 6) is 0.325. The van der Waals surface area contributed by atoms with E-state index in [4.69, 9.17) is 4.98 Å². The lowest BCUT2D eigenvalue weighted by Gasteiger charge is -2.14. The van der Waals surface area contributed by atoms with Crippen LogP contribution in [0.5, 0.6) is 0 Å². The van der Waals surface area contributed by atoms with Crippen molar-refractivity contribution >= 4 is 10.9 Å². The molecule has 1 heterocycles. The van der Waals surface area contributed by atoms with Gasteiger partial charge >= 0.3 is 0 Å². The minimum Gasteiger partial charge on any atom is -0.252 e. The van der Waals surface area contributed by atoms with Crippen LogP contribution in [-0.2, 0) is 0 Å². The Hall–Kier alpha value is -2.22. The van der Waals surface area contributed by atoms with E-state index < -0.39 is 0 Å². The Kier molecular flexibility index (Phi) is 2.78. The number of rotatable bonds is 2. The number of para-hydroxylation sites is 1. The minimum absolute atomic E-state index is 0.217. The molecule has 1 saturated carbocycles. The highest BCUT2D eigenvalue weighted by atomic mass is 19.1. The van der Waals surface area contributed by atoms with E-state index in [1.807, 2.05) is 30.3 Å². The highest BCUT2D eigenvalue weighted by Gasteiger charge is 2.28. The zero-order valence-electron chi connectivity index (χ0n) is 11.6. The number of aromatic nitrogens is 1. The lowest BCUT2D eigenvalue weighted by atomic mass is 9.94. The van der Waals surface area contributed by atoms with Gasteiger partial charge in [-0.1, -0.05) is 30.3 Å². The highest BCUT2D eigenvalue weighted by Crippen LogP contribution is 2.44. The number of fused-ring (bicyclic) bond motifs is 1. The summed E-state index contributed by atoms with van der Waals surface area (Å²) in [6.45, 7) is 4.27. The predicted octanol–water partition coefficient (Wildman–Crippen LogP) is 5.10. The van der Waals surface area contributed by atoms with Gasteiger partial charge in [-0.05, 0) is 54.7 Å². The van der Waals surface area contributed by atoms with Gasteiger partial charge in [0.2, 0.25) is 0 Å². The van der Waals surface area contributed by atoms with Crippen molar-refractivity contribution in [2.45, 2.75) is 18.8 Å². The fraction of sp³-hybridized carbons (Fsp3) is 0.158. The molecule has 1 aliphatic carbocycles. The van der Waals surface area contributed by atoms with Gasteiger partial charge in [0.15, 0.2) is 0 Å². The molecule has 0 aliphatic heterocycles. The smallest absolute Gasteiger partial charge is 0.123 e. The molecule has 2 heteroatoms. The second kappa shape index (κ2) is 4.66. The van der Waals surface area contributed by atoms with Crippen LogP contribution in [-0.4, -0.2) is 4.98 Å². The van der Waals surface area contributed by atoms with E-state index in [2.05, 4.69) is 13.0 Å². The topological polar surface area (TPSA) is 12.9 Å². The highest BCUT2D eigenvalue weighted by molar-refractivity contribution is 5.97. The zero-order valence-corrected chi connectivity index (χ0v) is 11.6. The fourth-order valence-corrected chi connectivity index (χ4v) is 2.91. The first kappa shape index (κ1) is 12.5. The number of pyridine rings is 1. The van der Waals surface area contributed by atoms with Gasteiger partial charge in [-0.3, -0.25) is 4.98 Å². The van der Waals surface area contributed by atoms with Gasteiger partial charge in [0, 0.05) is 17.0 Å². The van der Waals surface area contributed by atoms with Crippen molar-refractivity contribution in [3.63, 3.8) is 0 Å². The summed E-state index contributed by atoms with van der Waals surface area (Å²) in [7, 11) is 0. The van der Waals surface area contributed by atoms with Crippen molar-refractivity contribution in [1.29, 1.82) is 0 Å². The fourth-order valence-electron chi connectivity index (χ4n) is 2.91. The van der Waals surface area contributed by atoms with Gasteiger partial charge < -0.3 is 0 Å². The van der Waals surface area contributed by atoms with E-state index in [1.54, 1.807) is 0 Å². The molecule has 103 valence electrons. The van der Waals surface area contributed by atoms with E-state index in [0.29, 0.717) is 5.92 Å². The van der Waals surface area contributed by atoms with E-state index >= 15 is 0 Å². The minimum atomic E-state index is -0.217. The van der Waals surface area contributed by atoms with Crippen molar-refractivity contribution in [3.8, 4) is 11.1 Å². The summed E-state index contributed by atoms with van der Waals surface area (Å²) in [4.78, 5) is 4.80. The van der Waals surface area contributed by atoms with E-state index in [9.17, 15) is 4.39 Å². The maximum atomic E-state index is 13.2. The molecule has 0 spiro atoms. The summed E-state index contributed by atoms with van der Waals surface area (Å²) in [5, 5.41) is 1.08. The normalized spacial score (nSPS) is 14.6. The molecule has 2 aromatic carbocycles. The van der Waals surface area contributed by atoms with Crippen LogP contribution in [0.15, 0.2) is 48.5 Å². The first-order valence-corrected chi connectivity index (χ1v) is 7.24. The van der Waals surface area contributed by atoms with Crippen molar-refractivity contribution < 1.29 is 4.39 Å². The Morgan fingerprint density at radius 1 is 1.00 bits per heavy atom. The van der Waals surface area contributed by atoms with Crippen LogP contribution in [0.2, 0.25) is 0 Å². The summed E-state index contributed by atoms with van der Waals surface area (Å²) in [6, 6.07) is 14.8. The van der Waals surface area contributed by atoms with E-state index in [-0.39, 0.29) is 5.82 Å². The molecule has 0 bridgehead atoms. The van der Waals surface area contributed by atoms with Gasteiger partial charge in [-0.25, -0.2) is 4.39 Å². The first-order valence-electron chi connectivity index (χ1n) is 7.24. The van der Waals surface area contributed by atoms with Gasteiger partial charge in [-0.15, -0.1) is 0 Å². The second-order valence-electron chi connectivity index (χ2n) is 5.65. The number of hydrogen-bond acceptors (Lipinski definition) is 1. The Bertz CT molecular complexity index is 817. The van der Waals surface area contributed by atoms with Gasteiger partial charge in [-0.2, -0.15) is 0 Å². The molecule has 4 rings (SSSR count). The van der Waals surface area contributed by atoms with Crippen LogP contribution in [0, 0.1) is 12.7 Å². The quantitative estimate of drug-likeness (QED) is 0.634. The molecule has 1 nitrogen and oxygen atoms in total. The van der Waals surface area contributed by atoms with E-state index in [1.165, 1.54) is 25.0 Å². The molecular formula is C19H15FN. The molecule has 1 aliphatic rings. The van der Waals surface area contributed by atoms with Crippen molar-refractivity contribution in [1.82, 2.24) is 4.98 Å². The summed E-state index contributed by atoms with van der Waals surface area (Å²) in [5.41, 5.74) is 5.17. The average Bonchev–Trinajstić information content (AvgIpc) is 3.33. The summed E-state index contributed by atoms with van der Waals surface area (Å²) >= 11 is 0. The zero-order chi connectivity index (χ0) is 14.4. The third-order valence-electron chi connectivity index (χ3n) is 4.12. The molecule has 0 saturated heterocycles. The number of halogens is 1.